The summed E-state index contributed by atoms with van der Waals surface area (Å²) < 4.78 is 27.0. The van der Waals surface area contributed by atoms with Crippen LogP contribution < -0.4 is 5.32 Å². The molecule has 1 heterocycles. The number of carbonyl (C=O) groups is 1. The first-order valence-electron chi connectivity index (χ1n) is 9.50. The zero-order valence-corrected chi connectivity index (χ0v) is 16.5. The molecular weight excluding hydrogens is 350 g/mol. The SMILES string of the molecule is Cc1ccc(S(=O)(=O)N2CCN(C(=O)NC3CCCCC3C)CC2)cc1. The molecule has 1 aliphatic heterocycles. The molecule has 0 aromatic heterocycles. The molecule has 1 aromatic carbocycles. The third kappa shape index (κ3) is 4.20. The van der Waals surface area contributed by atoms with Gasteiger partial charge in [0.15, 0.2) is 0 Å². The highest BCUT2D eigenvalue weighted by Gasteiger charge is 2.31. The van der Waals surface area contributed by atoms with Crippen LogP contribution in [0.1, 0.15) is 38.2 Å². The molecule has 1 aliphatic carbocycles. The topological polar surface area (TPSA) is 69.7 Å². The molecular formula is C19H29N3O3S. The third-order valence-corrected chi connectivity index (χ3v) is 7.52. The van der Waals surface area contributed by atoms with Gasteiger partial charge in [-0.3, -0.25) is 0 Å². The number of urea groups is 1. The van der Waals surface area contributed by atoms with Gasteiger partial charge in [0.05, 0.1) is 4.90 Å². The maximum atomic E-state index is 12.7. The van der Waals surface area contributed by atoms with Gasteiger partial charge in [0.1, 0.15) is 0 Å². The van der Waals surface area contributed by atoms with E-state index in [4.69, 9.17) is 0 Å². The van der Waals surface area contributed by atoms with Gasteiger partial charge in [0.2, 0.25) is 10.0 Å². The van der Waals surface area contributed by atoms with Gasteiger partial charge in [-0.1, -0.05) is 37.5 Å². The average Bonchev–Trinajstić information content (AvgIpc) is 2.64. The number of aryl methyl sites for hydroxylation is 1. The predicted octanol–water partition coefficient (Wildman–Crippen LogP) is 2.59. The highest BCUT2D eigenvalue weighted by atomic mass is 32.2. The molecule has 26 heavy (non-hydrogen) atoms. The molecule has 3 rings (SSSR count). The summed E-state index contributed by atoms with van der Waals surface area (Å²) >= 11 is 0. The van der Waals surface area contributed by atoms with Crippen LogP contribution in [0.5, 0.6) is 0 Å². The molecule has 1 N–H and O–H groups in total. The average molecular weight is 380 g/mol. The smallest absolute Gasteiger partial charge is 0.317 e. The van der Waals surface area contributed by atoms with Crippen molar-refractivity contribution in [3.63, 3.8) is 0 Å². The summed E-state index contributed by atoms with van der Waals surface area (Å²) in [6, 6.07) is 7.09. The summed E-state index contributed by atoms with van der Waals surface area (Å²) in [5.74, 6) is 0.510. The molecule has 7 heteroatoms. The normalized spacial score (nSPS) is 25.1. The van der Waals surface area contributed by atoms with Crippen LogP contribution in [0.4, 0.5) is 4.79 Å². The molecule has 0 radical (unpaired) electrons. The van der Waals surface area contributed by atoms with E-state index >= 15 is 0 Å². The van der Waals surface area contributed by atoms with E-state index in [1.54, 1.807) is 17.0 Å². The maximum absolute atomic E-state index is 12.7. The van der Waals surface area contributed by atoms with Gasteiger partial charge in [-0.05, 0) is 37.8 Å². The lowest BCUT2D eigenvalue weighted by Crippen LogP contribution is -2.55. The van der Waals surface area contributed by atoms with Crippen molar-refractivity contribution in [3.8, 4) is 0 Å². The van der Waals surface area contributed by atoms with E-state index in [9.17, 15) is 13.2 Å². The Hall–Kier alpha value is -1.60. The third-order valence-electron chi connectivity index (χ3n) is 5.60. The van der Waals surface area contributed by atoms with E-state index in [2.05, 4.69) is 12.2 Å². The van der Waals surface area contributed by atoms with E-state index < -0.39 is 10.0 Å². The second-order valence-electron chi connectivity index (χ2n) is 7.52. The van der Waals surface area contributed by atoms with E-state index in [0.29, 0.717) is 37.0 Å². The van der Waals surface area contributed by atoms with E-state index in [0.717, 1.165) is 24.8 Å². The molecule has 1 aromatic rings. The summed E-state index contributed by atoms with van der Waals surface area (Å²) in [6.45, 7) is 5.65. The molecule has 6 nitrogen and oxygen atoms in total. The number of nitrogens with one attached hydrogen (secondary N) is 1. The van der Waals surface area contributed by atoms with Crippen molar-refractivity contribution in [2.75, 3.05) is 26.2 Å². The largest absolute Gasteiger partial charge is 0.335 e. The summed E-state index contributed by atoms with van der Waals surface area (Å²) in [6.07, 6.45) is 4.60. The van der Waals surface area contributed by atoms with Gasteiger partial charge in [0.25, 0.3) is 0 Å². The van der Waals surface area contributed by atoms with Gasteiger partial charge >= 0.3 is 6.03 Å². The second-order valence-corrected chi connectivity index (χ2v) is 9.46. The van der Waals surface area contributed by atoms with Crippen molar-refractivity contribution in [2.45, 2.75) is 50.5 Å². The zero-order chi connectivity index (χ0) is 18.7. The van der Waals surface area contributed by atoms with Crippen LogP contribution in [-0.4, -0.2) is 55.9 Å². The lowest BCUT2D eigenvalue weighted by molar-refractivity contribution is 0.161. The number of amides is 2. The lowest BCUT2D eigenvalue weighted by atomic mass is 9.86. The Labute approximate surface area is 156 Å². The van der Waals surface area contributed by atoms with Crippen LogP contribution >= 0.6 is 0 Å². The quantitative estimate of drug-likeness (QED) is 0.878. The fourth-order valence-corrected chi connectivity index (χ4v) is 5.19. The fraction of sp³-hybridized carbons (Fsp3) is 0.632. The predicted molar refractivity (Wildman–Crippen MR) is 101 cm³/mol. The molecule has 2 fully saturated rings. The molecule has 0 spiro atoms. The van der Waals surface area contributed by atoms with Gasteiger partial charge < -0.3 is 10.2 Å². The van der Waals surface area contributed by atoms with Crippen molar-refractivity contribution in [1.82, 2.24) is 14.5 Å². The van der Waals surface area contributed by atoms with Crippen molar-refractivity contribution in [1.29, 1.82) is 0 Å². The summed E-state index contributed by atoms with van der Waals surface area (Å²) in [5, 5.41) is 3.15. The first-order valence-corrected chi connectivity index (χ1v) is 10.9. The van der Waals surface area contributed by atoms with Gasteiger partial charge in [-0.25, -0.2) is 13.2 Å². The maximum Gasteiger partial charge on any atom is 0.317 e. The fourth-order valence-electron chi connectivity index (χ4n) is 3.77. The Morgan fingerprint density at radius 2 is 1.65 bits per heavy atom. The molecule has 2 atom stereocenters. The van der Waals surface area contributed by atoms with Gasteiger partial charge in [-0.2, -0.15) is 4.31 Å². The van der Waals surface area contributed by atoms with Crippen LogP contribution in [0.25, 0.3) is 0 Å². The lowest BCUT2D eigenvalue weighted by Gasteiger charge is -2.36. The molecule has 1 saturated carbocycles. The first kappa shape index (κ1) is 19.2. The zero-order valence-electron chi connectivity index (χ0n) is 15.6. The Kier molecular flexibility index (Phi) is 5.87. The number of carbonyl (C=O) groups excluding carboxylic acids is 1. The molecule has 144 valence electrons. The number of hydrogen-bond acceptors (Lipinski definition) is 3. The van der Waals surface area contributed by atoms with Gasteiger partial charge in [0, 0.05) is 32.2 Å². The number of sulfonamides is 1. The second kappa shape index (κ2) is 7.96. The number of nitrogens with zero attached hydrogens (tertiary/aromatic N) is 2. The Morgan fingerprint density at radius 3 is 2.27 bits per heavy atom. The minimum Gasteiger partial charge on any atom is -0.335 e. The number of piperazine rings is 1. The molecule has 2 unspecified atom stereocenters. The van der Waals surface area contributed by atoms with E-state index in [1.165, 1.54) is 10.7 Å². The summed E-state index contributed by atoms with van der Waals surface area (Å²) in [4.78, 5) is 14.6. The van der Waals surface area contributed by atoms with Gasteiger partial charge in [-0.15, -0.1) is 0 Å². The Balaban J connectivity index is 1.56. The van der Waals surface area contributed by atoms with Crippen LogP contribution in [0.3, 0.4) is 0 Å². The minimum atomic E-state index is -3.49. The highest BCUT2D eigenvalue weighted by molar-refractivity contribution is 7.89. The Bertz CT molecular complexity index is 725. The van der Waals surface area contributed by atoms with Crippen LogP contribution in [0, 0.1) is 12.8 Å². The molecule has 1 saturated heterocycles. The van der Waals surface area contributed by atoms with Crippen molar-refractivity contribution in [2.24, 2.45) is 5.92 Å². The highest BCUT2D eigenvalue weighted by Crippen LogP contribution is 2.24. The monoisotopic (exact) mass is 379 g/mol. The Morgan fingerprint density at radius 1 is 1.04 bits per heavy atom. The van der Waals surface area contributed by atoms with E-state index in [1.807, 2.05) is 19.1 Å². The standard InChI is InChI=1S/C19H29N3O3S/c1-15-7-9-17(10-8-15)26(24,25)22-13-11-21(12-14-22)19(23)20-18-6-4-3-5-16(18)2/h7-10,16,18H,3-6,11-14H2,1-2H3,(H,20,23). The van der Waals surface area contributed by atoms with Crippen molar-refractivity contribution >= 4 is 16.1 Å². The van der Waals surface area contributed by atoms with E-state index in [-0.39, 0.29) is 12.1 Å². The number of hydrogen-bond donors (Lipinski definition) is 1. The van der Waals surface area contributed by atoms with Crippen LogP contribution in [0.15, 0.2) is 29.2 Å². The number of rotatable bonds is 3. The molecule has 0 bridgehead atoms. The van der Waals surface area contributed by atoms with Crippen LogP contribution in [0.2, 0.25) is 0 Å². The van der Waals surface area contributed by atoms with Crippen molar-refractivity contribution in [3.05, 3.63) is 29.8 Å². The first-order chi connectivity index (χ1) is 12.4. The number of benzene rings is 1. The van der Waals surface area contributed by atoms with Crippen LogP contribution in [-0.2, 0) is 10.0 Å². The molecule has 2 aliphatic rings. The molecule has 2 amide bonds. The minimum absolute atomic E-state index is 0.0591. The summed E-state index contributed by atoms with van der Waals surface area (Å²) in [5.41, 5.74) is 1.03. The summed E-state index contributed by atoms with van der Waals surface area (Å²) in [7, 11) is -3.49. The van der Waals surface area contributed by atoms with Crippen molar-refractivity contribution < 1.29 is 13.2 Å².